The summed E-state index contributed by atoms with van der Waals surface area (Å²) in [7, 11) is 0. The Balaban J connectivity index is 2.07. The van der Waals surface area contributed by atoms with Crippen LogP contribution < -0.4 is 10.6 Å². The molecular formula is C21H26N2O3S. The van der Waals surface area contributed by atoms with E-state index in [0.29, 0.717) is 29.2 Å². The van der Waals surface area contributed by atoms with Gasteiger partial charge in [0.1, 0.15) is 5.00 Å². The maximum absolute atomic E-state index is 12.8. The zero-order chi connectivity index (χ0) is 19.8. The topological polar surface area (TPSA) is 67.4 Å². The van der Waals surface area contributed by atoms with Crippen LogP contribution in [-0.4, -0.2) is 24.0 Å². The Hall–Kier alpha value is -2.18. The molecule has 1 aliphatic rings. The van der Waals surface area contributed by atoms with E-state index in [0.717, 1.165) is 10.4 Å². The molecule has 27 heavy (non-hydrogen) atoms. The monoisotopic (exact) mass is 386 g/mol. The van der Waals surface area contributed by atoms with Gasteiger partial charge >= 0.3 is 5.97 Å². The number of carbonyl (C=O) groups is 2. The van der Waals surface area contributed by atoms with Crippen molar-refractivity contribution in [3.05, 3.63) is 51.9 Å². The van der Waals surface area contributed by atoms with Gasteiger partial charge in [-0.15, -0.1) is 11.3 Å². The van der Waals surface area contributed by atoms with Gasteiger partial charge in [0.05, 0.1) is 12.2 Å². The molecule has 0 spiro atoms. The summed E-state index contributed by atoms with van der Waals surface area (Å²) in [5.74, 6) is -0.614. The maximum atomic E-state index is 12.8. The molecule has 5 nitrogen and oxygen atoms in total. The second kappa shape index (κ2) is 7.09. The molecule has 0 atom stereocenters. The van der Waals surface area contributed by atoms with Crippen LogP contribution in [-0.2, 0) is 16.7 Å². The molecule has 1 amide bonds. The van der Waals surface area contributed by atoms with Gasteiger partial charge in [0.15, 0.2) is 0 Å². The van der Waals surface area contributed by atoms with Gasteiger partial charge < -0.3 is 15.4 Å². The highest BCUT2D eigenvalue weighted by Crippen LogP contribution is 2.45. The number of benzene rings is 1. The first-order chi connectivity index (χ1) is 12.6. The minimum Gasteiger partial charge on any atom is -0.462 e. The van der Waals surface area contributed by atoms with E-state index in [9.17, 15) is 9.59 Å². The lowest BCUT2D eigenvalue weighted by atomic mass is 9.81. The number of anilines is 1. The predicted molar refractivity (Wildman–Crippen MR) is 109 cm³/mol. The van der Waals surface area contributed by atoms with Crippen molar-refractivity contribution < 1.29 is 14.3 Å². The fraction of sp³-hybridized carbons (Fsp3) is 0.429. The Morgan fingerprint density at radius 1 is 1.19 bits per heavy atom. The first kappa shape index (κ1) is 19.6. The van der Waals surface area contributed by atoms with Gasteiger partial charge in [0.25, 0.3) is 5.91 Å². The third-order valence-corrected chi connectivity index (χ3v) is 6.06. The average Bonchev–Trinajstić information content (AvgIpc) is 2.92. The Labute approximate surface area is 164 Å². The summed E-state index contributed by atoms with van der Waals surface area (Å²) in [5, 5.41) is 7.13. The van der Waals surface area contributed by atoms with E-state index in [2.05, 4.69) is 38.3 Å². The van der Waals surface area contributed by atoms with E-state index in [4.69, 9.17) is 4.74 Å². The van der Waals surface area contributed by atoms with Gasteiger partial charge in [0, 0.05) is 21.5 Å². The van der Waals surface area contributed by atoms with Gasteiger partial charge in [-0.2, -0.15) is 0 Å². The van der Waals surface area contributed by atoms with Crippen molar-refractivity contribution in [2.75, 3.05) is 11.9 Å². The van der Waals surface area contributed by atoms with Crippen LogP contribution >= 0.6 is 11.3 Å². The molecule has 0 fully saturated rings. The molecule has 1 aromatic heterocycles. The highest BCUT2D eigenvalue weighted by atomic mass is 32.1. The molecule has 144 valence electrons. The zero-order valence-corrected chi connectivity index (χ0v) is 17.3. The lowest BCUT2D eigenvalue weighted by Gasteiger charge is -2.42. The third kappa shape index (κ3) is 3.92. The van der Waals surface area contributed by atoms with Crippen molar-refractivity contribution in [2.24, 2.45) is 0 Å². The van der Waals surface area contributed by atoms with Crippen molar-refractivity contribution >= 4 is 28.2 Å². The fourth-order valence-corrected chi connectivity index (χ4v) is 5.06. The Morgan fingerprint density at radius 3 is 2.48 bits per heavy atom. The van der Waals surface area contributed by atoms with Crippen molar-refractivity contribution in [3.63, 3.8) is 0 Å². The van der Waals surface area contributed by atoms with Crippen LogP contribution in [0, 0.1) is 0 Å². The first-order valence-corrected chi connectivity index (χ1v) is 9.95. The largest absolute Gasteiger partial charge is 0.462 e. The molecule has 2 heterocycles. The summed E-state index contributed by atoms with van der Waals surface area (Å²) in [6.07, 6.45) is 0.692. The van der Waals surface area contributed by atoms with Gasteiger partial charge in [-0.05, 0) is 58.7 Å². The second-order valence-electron chi connectivity index (χ2n) is 7.97. The summed E-state index contributed by atoms with van der Waals surface area (Å²) in [4.78, 5) is 26.5. The highest BCUT2D eigenvalue weighted by molar-refractivity contribution is 7.17. The van der Waals surface area contributed by atoms with Gasteiger partial charge in [-0.1, -0.05) is 18.2 Å². The molecule has 6 heteroatoms. The van der Waals surface area contributed by atoms with E-state index >= 15 is 0 Å². The number of hydrogen-bond acceptors (Lipinski definition) is 5. The number of amides is 1. The van der Waals surface area contributed by atoms with Crippen LogP contribution in [0.5, 0.6) is 0 Å². The Kier molecular flexibility index (Phi) is 5.14. The molecule has 1 aromatic carbocycles. The number of rotatable bonds is 4. The van der Waals surface area contributed by atoms with Gasteiger partial charge in [-0.3, -0.25) is 4.79 Å². The number of thiophene rings is 1. The fourth-order valence-electron chi connectivity index (χ4n) is 3.80. The lowest BCUT2D eigenvalue weighted by Crippen LogP contribution is -2.55. The van der Waals surface area contributed by atoms with Crippen LogP contribution in [0.1, 0.15) is 65.8 Å². The van der Waals surface area contributed by atoms with E-state index in [1.165, 1.54) is 11.3 Å². The van der Waals surface area contributed by atoms with E-state index in [-0.39, 0.29) is 23.0 Å². The van der Waals surface area contributed by atoms with E-state index in [1.807, 2.05) is 18.2 Å². The van der Waals surface area contributed by atoms with Crippen LogP contribution in [0.15, 0.2) is 30.3 Å². The summed E-state index contributed by atoms with van der Waals surface area (Å²) < 4.78 is 5.31. The smallest absolute Gasteiger partial charge is 0.341 e. The molecular weight excluding hydrogens is 360 g/mol. The van der Waals surface area contributed by atoms with Crippen LogP contribution in [0.4, 0.5) is 5.00 Å². The highest BCUT2D eigenvalue weighted by Gasteiger charge is 2.42. The first-order valence-electron chi connectivity index (χ1n) is 9.13. The Bertz CT molecular complexity index is 869. The van der Waals surface area contributed by atoms with Crippen molar-refractivity contribution in [2.45, 2.75) is 52.1 Å². The number of fused-ring (bicyclic) bond motifs is 1. The second-order valence-corrected chi connectivity index (χ2v) is 8.99. The summed E-state index contributed by atoms with van der Waals surface area (Å²) in [5.41, 5.74) is 1.54. The number of esters is 1. The average molecular weight is 387 g/mol. The third-order valence-electron chi connectivity index (χ3n) is 4.59. The van der Waals surface area contributed by atoms with Crippen LogP contribution in [0.3, 0.4) is 0 Å². The molecule has 0 saturated carbocycles. The molecule has 0 unspecified atom stereocenters. The zero-order valence-electron chi connectivity index (χ0n) is 16.4. The molecule has 0 bridgehead atoms. The molecule has 0 radical (unpaired) electrons. The van der Waals surface area contributed by atoms with E-state index < -0.39 is 0 Å². The molecule has 2 aromatic rings. The number of ether oxygens (including phenoxy) is 1. The molecule has 0 aliphatic carbocycles. The van der Waals surface area contributed by atoms with Crippen molar-refractivity contribution in [1.29, 1.82) is 0 Å². The number of hydrogen-bond donors (Lipinski definition) is 2. The minimum absolute atomic E-state index is 0.167. The van der Waals surface area contributed by atoms with Crippen molar-refractivity contribution in [3.8, 4) is 0 Å². The van der Waals surface area contributed by atoms with Gasteiger partial charge in [0.2, 0.25) is 0 Å². The molecule has 3 rings (SSSR count). The minimum atomic E-state index is -0.383. The van der Waals surface area contributed by atoms with Gasteiger partial charge in [-0.25, -0.2) is 4.79 Å². The molecule has 2 N–H and O–H groups in total. The number of nitrogens with one attached hydrogen (secondary N) is 2. The lowest BCUT2D eigenvalue weighted by molar-refractivity contribution is 0.0526. The summed E-state index contributed by atoms with van der Waals surface area (Å²) in [6.45, 7) is 10.5. The molecule has 1 aliphatic heterocycles. The SMILES string of the molecule is CCOC(=O)c1c(NC(=O)c2ccccc2)sc2c1CC(C)(C)NC2(C)C. The van der Waals surface area contributed by atoms with Crippen molar-refractivity contribution in [1.82, 2.24) is 5.32 Å². The van der Waals surface area contributed by atoms with Crippen LogP contribution in [0.25, 0.3) is 0 Å². The molecule has 0 saturated heterocycles. The summed E-state index contributed by atoms with van der Waals surface area (Å²) >= 11 is 1.45. The predicted octanol–water partition coefficient (Wildman–Crippen LogP) is 4.34. The Morgan fingerprint density at radius 2 is 1.85 bits per heavy atom. The summed E-state index contributed by atoms with van der Waals surface area (Å²) in [6, 6.07) is 9.00. The number of carbonyl (C=O) groups excluding carboxylic acids is 2. The standard InChI is InChI=1S/C21H26N2O3S/c1-6-26-19(25)15-14-12-20(2,3)23-21(4,5)16(14)27-18(15)22-17(24)13-10-8-7-9-11-13/h7-11,23H,6,12H2,1-5H3,(H,22,24). The normalized spacial score (nSPS) is 17.1. The van der Waals surface area contributed by atoms with E-state index in [1.54, 1.807) is 19.1 Å². The quantitative estimate of drug-likeness (QED) is 0.767. The maximum Gasteiger partial charge on any atom is 0.341 e. The van der Waals surface area contributed by atoms with Crippen LogP contribution in [0.2, 0.25) is 0 Å².